The zero-order valence-corrected chi connectivity index (χ0v) is 16.7. The molecular formula is C20H23N5O3S. The lowest BCUT2D eigenvalue weighted by Gasteiger charge is -2.22. The lowest BCUT2D eigenvalue weighted by atomic mass is 9.99. The Hall–Kier alpha value is -2.75. The molecule has 1 aromatic heterocycles. The highest BCUT2D eigenvalue weighted by atomic mass is 32.2. The number of piperidine rings is 1. The van der Waals surface area contributed by atoms with E-state index < -0.39 is 10.0 Å². The molecule has 1 saturated heterocycles. The van der Waals surface area contributed by atoms with Crippen molar-refractivity contribution in [3.8, 4) is 5.75 Å². The molecule has 152 valence electrons. The van der Waals surface area contributed by atoms with Crippen molar-refractivity contribution in [2.45, 2.75) is 17.7 Å². The summed E-state index contributed by atoms with van der Waals surface area (Å²) in [5, 5.41) is 12.5. The number of fused-ring (bicyclic) bond motifs is 1. The molecule has 3 aromatic rings. The lowest BCUT2D eigenvalue weighted by Crippen LogP contribution is -2.30. The predicted octanol–water partition coefficient (Wildman–Crippen LogP) is 2.40. The van der Waals surface area contributed by atoms with Crippen LogP contribution in [0, 0.1) is 5.92 Å². The molecule has 0 bridgehead atoms. The zero-order valence-electron chi connectivity index (χ0n) is 15.8. The summed E-state index contributed by atoms with van der Waals surface area (Å²) < 4.78 is 28.8. The van der Waals surface area contributed by atoms with Crippen LogP contribution in [0.1, 0.15) is 12.8 Å². The molecule has 1 fully saturated rings. The standard InChI is InChI=1S/C20H23N5O3S/c21-29(26,27)17-6-4-16(5-7-17)24-20-23-12-15-2-1-3-18(19(15)25-20)28-13-14-8-10-22-11-9-14/h1-7,12,14,22H,8-11,13H2,(H2,21,26,27)(H,23,24,25). The van der Waals surface area contributed by atoms with Gasteiger partial charge in [0, 0.05) is 17.3 Å². The quantitative estimate of drug-likeness (QED) is 0.568. The van der Waals surface area contributed by atoms with Crippen molar-refractivity contribution >= 4 is 32.6 Å². The van der Waals surface area contributed by atoms with E-state index >= 15 is 0 Å². The Kier molecular flexibility index (Phi) is 5.61. The molecule has 29 heavy (non-hydrogen) atoms. The normalized spacial score (nSPS) is 15.3. The van der Waals surface area contributed by atoms with Gasteiger partial charge in [-0.1, -0.05) is 12.1 Å². The van der Waals surface area contributed by atoms with Gasteiger partial charge in [-0.25, -0.2) is 23.5 Å². The number of nitrogens with zero attached hydrogens (tertiary/aromatic N) is 2. The maximum absolute atomic E-state index is 11.4. The van der Waals surface area contributed by atoms with E-state index in [4.69, 9.17) is 9.88 Å². The van der Waals surface area contributed by atoms with Gasteiger partial charge in [0.05, 0.1) is 11.5 Å². The maximum Gasteiger partial charge on any atom is 0.238 e. The van der Waals surface area contributed by atoms with Gasteiger partial charge >= 0.3 is 0 Å². The molecule has 9 heteroatoms. The summed E-state index contributed by atoms with van der Waals surface area (Å²) in [4.78, 5) is 8.99. The molecule has 1 aliphatic rings. The number of primary sulfonamides is 1. The smallest absolute Gasteiger partial charge is 0.238 e. The minimum atomic E-state index is -3.72. The number of anilines is 2. The Labute approximate surface area is 169 Å². The molecular weight excluding hydrogens is 390 g/mol. The molecule has 0 unspecified atom stereocenters. The van der Waals surface area contributed by atoms with Gasteiger partial charge in [-0.05, 0) is 62.2 Å². The van der Waals surface area contributed by atoms with Crippen molar-refractivity contribution in [1.82, 2.24) is 15.3 Å². The molecule has 0 saturated carbocycles. The Morgan fingerprint density at radius 1 is 1.14 bits per heavy atom. The number of hydrogen-bond donors (Lipinski definition) is 3. The van der Waals surface area contributed by atoms with Gasteiger partial charge in [0.25, 0.3) is 0 Å². The van der Waals surface area contributed by atoms with Crippen LogP contribution in [-0.2, 0) is 10.0 Å². The fourth-order valence-electron chi connectivity index (χ4n) is 3.32. The number of para-hydroxylation sites is 1. The molecule has 4 rings (SSSR count). The Morgan fingerprint density at radius 2 is 1.90 bits per heavy atom. The van der Waals surface area contributed by atoms with Crippen LogP contribution in [0.5, 0.6) is 5.75 Å². The van der Waals surface area contributed by atoms with Crippen molar-refractivity contribution in [3.05, 3.63) is 48.7 Å². The van der Waals surface area contributed by atoms with Crippen LogP contribution in [0.4, 0.5) is 11.6 Å². The zero-order chi connectivity index (χ0) is 20.3. The molecule has 2 aromatic carbocycles. The van der Waals surface area contributed by atoms with Gasteiger partial charge in [0.2, 0.25) is 16.0 Å². The molecule has 1 aliphatic heterocycles. The summed E-state index contributed by atoms with van der Waals surface area (Å²) >= 11 is 0. The topological polar surface area (TPSA) is 119 Å². The number of hydrogen-bond acceptors (Lipinski definition) is 7. The third-order valence-corrected chi connectivity index (χ3v) is 5.88. The van der Waals surface area contributed by atoms with Crippen LogP contribution in [0.3, 0.4) is 0 Å². The summed E-state index contributed by atoms with van der Waals surface area (Å²) in [5.41, 5.74) is 1.39. The van der Waals surface area contributed by atoms with Gasteiger partial charge < -0.3 is 15.4 Å². The second kappa shape index (κ2) is 8.32. The first-order valence-corrected chi connectivity index (χ1v) is 11.0. The largest absolute Gasteiger partial charge is 0.491 e. The number of rotatable bonds is 6. The van der Waals surface area contributed by atoms with E-state index in [1.807, 2.05) is 18.2 Å². The van der Waals surface area contributed by atoms with E-state index in [1.165, 1.54) is 12.1 Å². The van der Waals surface area contributed by atoms with Gasteiger partial charge in [-0.2, -0.15) is 0 Å². The van der Waals surface area contributed by atoms with Crippen LogP contribution in [0.2, 0.25) is 0 Å². The van der Waals surface area contributed by atoms with Crippen LogP contribution in [-0.4, -0.2) is 38.1 Å². The summed E-state index contributed by atoms with van der Waals surface area (Å²) in [6.07, 6.45) is 3.96. The average molecular weight is 414 g/mol. The number of ether oxygens (including phenoxy) is 1. The third kappa shape index (κ3) is 4.81. The summed E-state index contributed by atoms with van der Waals surface area (Å²) in [5.74, 6) is 1.68. The van der Waals surface area contributed by atoms with Gasteiger partial charge in [0.1, 0.15) is 11.3 Å². The minimum absolute atomic E-state index is 0.0519. The van der Waals surface area contributed by atoms with Crippen molar-refractivity contribution in [2.75, 3.05) is 25.0 Å². The molecule has 8 nitrogen and oxygen atoms in total. The van der Waals surface area contributed by atoms with E-state index in [9.17, 15) is 8.42 Å². The second-order valence-corrected chi connectivity index (χ2v) is 8.65. The van der Waals surface area contributed by atoms with Crippen LogP contribution in [0.25, 0.3) is 10.9 Å². The number of aromatic nitrogens is 2. The summed E-state index contributed by atoms with van der Waals surface area (Å²) in [6.45, 7) is 2.73. The number of sulfonamides is 1. The monoisotopic (exact) mass is 413 g/mol. The first kappa shape index (κ1) is 19.6. The fourth-order valence-corrected chi connectivity index (χ4v) is 3.83. The number of nitrogens with two attached hydrogens (primary N) is 1. The van der Waals surface area contributed by atoms with Crippen molar-refractivity contribution in [3.63, 3.8) is 0 Å². The average Bonchev–Trinajstić information content (AvgIpc) is 2.73. The molecule has 2 heterocycles. The van der Waals surface area contributed by atoms with E-state index in [1.54, 1.807) is 18.3 Å². The van der Waals surface area contributed by atoms with E-state index in [-0.39, 0.29) is 4.90 Å². The van der Waals surface area contributed by atoms with Gasteiger partial charge in [0.15, 0.2) is 0 Å². The van der Waals surface area contributed by atoms with Crippen LogP contribution in [0.15, 0.2) is 53.6 Å². The first-order chi connectivity index (χ1) is 14.0. The highest BCUT2D eigenvalue weighted by Gasteiger charge is 2.15. The predicted molar refractivity (Wildman–Crippen MR) is 112 cm³/mol. The van der Waals surface area contributed by atoms with Gasteiger partial charge in [-0.3, -0.25) is 0 Å². The summed E-state index contributed by atoms with van der Waals surface area (Å²) in [7, 11) is -3.72. The number of benzene rings is 2. The highest BCUT2D eigenvalue weighted by Crippen LogP contribution is 2.26. The first-order valence-electron chi connectivity index (χ1n) is 9.48. The van der Waals surface area contributed by atoms with E-state index in [0.29, 0.717) is 24.2 Å². The molecule has 0 aliphatic carbocycles. The van der Waals surface area contributed by atoms with Crippen LogP contribution < -0.4 is 20.5 Å². The number of nitrogens with one attached hydrogen (secondary N) is 2. The van der Waals surface area contributed by atoms with E-state index in [2.05, 4.69) is 20.6 Å². The SMILES string of the molecule is NS(=O)(=O)c1ccc(Nc2ncc3cccc(OCC4CCNCC4)c3n2)cc1. The van der Waals surface area contributed by atoms with Crippen molar-refractivity contribution in [1.29, 1.82) is 0 Å². The molecule has 4 N–H and O–H groups in total. The van der Waals surface area contributed by atoms with Crippen LogP contribution >= 0.6 is 0 Å². The van der Waals surface area contributed by atoms with Crippen molar-refractivity contribution < 1.29 is 13.2 Å². The van der Waals surface area contributed by atoms with Crippen molar-refractivity contribution in [2.24, 2.45) is 11.1 Å². The Morgan fingerprint density at radius 3 is 2.62 bits per heavy atom. The Bertz CT molecular complexity index is 1100. The second-order valence-electron chi connectivity index (χ2n) is 7.09. The highest BCUT2D eigenvalue weighted by molar-refractivity contribution is 7.89. The molecule has 0 spiro atoms. The molecule has 0 radical (unpaired) electrons. The fraction of sp³-hybridized carbons (Fsp3) is 0.300. The third-order valence-electron chi connectivity index (χ3n) is 4.95. The van der Waals surface area contributed by atoms with Gasteiger partial charge in [-0.15, -0.1) is 0 Å². The Balaban J connectivity index is 1.53. The van der Waals surface area contributed by atoms with E-state index in [0.717, 1.165) is 42.6 Å². The lowest BCUT2D eigenvalue weighted by molar-refractivity contribution is 0.217. The molecule has 0 amide bonds. The summed E-state index contributed by atoms with van der Waals surface area (Å²) in [6, 6.07) is 11.9. The maximum atomic E-state index is 11.4. The molecule has 0 atom stereocenters. The minimum Gasteiger partial charge on any atom is -0.491 e.